The van der Waals surface area contributed by atoms with E-state index in [0.717, 1.165) is 12.8 Å². The lowest BCUT2D eigenvalue weighted by Crippen LogP contribution is -2.20. The molecule has 1 aliphatic rings. The Morgan fingerprint density at radius 3 is 2.41 bits per heavy atom. The maximum Gasteiger partial charge on any atom is 0.387 e. The second kappa shape index (κ2) is 8.48. The summed E-state index contributed by atoms with van der Waals surface area (Å²) in [5.41, 5.74) is 1.04. The molecule has 3 rings (SSSR count). The molecule has 0 atom stereocenters. The molecule has 0 bridgehead atoms. The van der Waals surface area contributed by atoms with Gasteiger partial charge < -0.3 is 20.1 Å². The number of carbonyl (C=O) groups is 2. The van der Waals surface area contributed by atoms with Crippen LogP contribution in [-0.4, -0.2) is 25.0 Å². The number of rotatable bonds is 8. The zero-order valence-electron chi connectivity index (χ0n) is 14.3. The SMILES string of the molecule is O=C(COc1cccc(NC(=O)C2CC2)c1)Nc1ccc(OC(F)F)cc1. The Kier molecular flexibility index (Phi) is 5.85. The van der Waals surface area contributed by atoms with Crippen molar-refractivity contribution in [2.45, 2.75) is 19.5 Å². The summed E-state index contributed by atoms with van der Waals surface area (Å²) in [6.07, 6.45) is 1.83. The van der Waals surface area contributed by atoms with Crippen LogP contribution in [-0.2, 0) is 9.59 Å². The first-order valence-corrected chi connectivity index (χ1v) is 8.38. The summed E-state index contributed by atoms with van der Waals surface area (Å²) < 4.78 is 33.9. The van der Waals surface area contributed by atoms with Crippen LogP contribution in [0.5, 0.6) is 11.5 Å². The zero-order chi connectivity index (χ0) is 19.2. The third-order valence-corrected chi connectivity index (χ3v) is 3.78. The van der Waals surface area contributed by atoms with Gasteiger partial charge in [0.15, 0.2) is 6.61 Å². The van der Waals surface area contributed by atoms with Gasteiger partial charge in [-0.15, -0.1) is 0 Å². The standard InChI is InChI=1S/C19H18F2N2O4/c20-19(21)27-15-8-6-13(7-9-15)22-17(24)11-26-16-3-1-2-14(10-16)23-18(25)12-4-5-12/h1-3,6-10,12,19H,4-5,11H2,(H,22,24)(H,23,25). The van der Waals surface area contributed by atoms with Gasteiger partial charge >= 0.3 is 6.61 Å². The molecule has 2 aromatic carbocycles. The van der Waals surface area contributed by atoms with E-state index in [1.54, 1.807) is 24.3 Å². The summed E-state index contributed by atoms with van der Waals surface area (Å²) in [6.45, 7) is -3.14. The van der Waals surface area contributed by atoms with E-state index in [1.165, 1.54) is 24.3 Å². The Morgan fingerprint density at radius 1 is 1.00 bits per heavy atom. The van der Waals surface area contributed by atoms with Crippen molar-refractivity contribution in [3.8, 4) is 11.5 Å². The van der Waals surface area contributed by atoms with Crippen molar-refractivity contribution in [1.29, 1.82) is 0 Å². The van der Waals surface area contributed by atoms with Gasteiger partial charge in [0.05, 0.1) is 0 Å². The minimum Gasteiger partial charge on any atom is -0.484 e. The Morgan fingerprint density at radius 2 is 1.74 bits per heavy atom. The summed E-state index contributed by atoms with van der Waals surface area (Å²) in [7, 11) is 0. The molecule has 6 nitrogen and oxygen atoms in total. The first kappa shape index (κ1) is 18.6. The Balaban J connectivity index is 1.47. The lowest BCUT2D eigenvalue weighted by molar-refractivity contribution is -0.118. The van der Waals surface area contributed by atoms with Crippen LogP contribution in [0.4, 0.5) is 20.2 Å². The highest BCUT2D eigenvalue weighted by atomic mass is 19.3. The predicted octanol–water partition coefficient (Wildman–Crippen LogP) is 3.65. The highest BCUT2D eigenvalue weighted by Gasteiger charge is 2.29. The zero-order valence-corrected chi connectivity index (χ0v) is 14.3. The molecule has 0 unspecified atom stereocenters. The van der Waals surface area contributed by atoms with Gasteiger partial charge in [0, 0.05) is 23.4 Å². The molecular formula is C19H18F2N2O4. The molecule has 142 valence electrons. The molecule has 0 heterocycles. The number of benzene rings is 2. The van der Waals surface area contributed by atoms with Gasteiger partial charge in [-0.05, 0) is 49.2 Å². The van der Waals surface area contributed by atoms with E-state index in [4.69, 9.17) is 4.74 Å². The Bertz CT molecular complexity index is 808. The largest absolute Gasteiger partial charge is 0.484 e. The average molecular weight is 376 g/mol. The summed E-state index contributed by atoms with van der Waals surface area (Å²) >= 11 is 0. The minimum absolute atomic E-state index is 0.00399. The summed E-state index contributed by atoms with van der Waals surface area (Å²) in [6, 6.07) is 12.3. The molecular weight excluding hydrogens is 358 g/mol. The second-order valence-corrected chi connectivity index (χ2v) is 6.03. The van der Waals surface area contributed by atoms with Gasteiger partial charge in [0.25, 0.3) is 5.91 Å². The van der Waals surface area contributed by atoms with Crippen molar-refractivity contribution in [2.75, 3.05) is 17.2 Å². The van der Waals surface area contributed by atoms with Crippen molar-refractivity contribution in [3.05, 3.63) is 48.5 Å². The van der Waals surface area contributed by atoms with Gasteiger partial charge in [-0.1, -0.05) is 6.07 Å². The Labute approximate surface area is 154 Å². The number of nitrogens with one attached hydrogen (secondary N) is 2. The third-order valence-electron chi connectivity index (χ3n) is 3.78. The second-order valence-electron chi connectivity index (χ2n) is 6.03. The molecule has 27 heavy (non-hydrogen) atoms. The van der Waals surface area contributed by atoms with Gasteiger partial charge in [-0.25, -0.2) is 0 Å². The number of halogens is 2. The maximum atomic E-state index is 12.1. The van der Waals surface area contributed by atoms with Crippen LogP contribution in [0.1, 0.15) is 12.8 Å². The quantitative estimate of drug-likeness (QED) is 0.737. The fraction of sp³-hybridized carbons (Fsp3) is 0.263. The van der Waals surface area contributed by atoms with Crippen LogP contribution in [0, 0.1) is 5.92 Å². The molecule has 2 aromatic rings. The summed E-state index contributed by atoms with van der Waals surface area (Å²) in [4.78, 5) is 23.7. The average Bonchev–Trinajstić information content (AvgIpc) is 3.47. The fourth-order valence-electron chi connectivity index (χ4n) is 2.32. The van der Waals surface area contributed by atoms with Crippen molar-refractivity contribution < 1.29 is 27.8 Å². The van der Waals surface area contributed by atoms with Gasteiger partial charge in [0.1, 0.15) is 11.5 Å². The number of hydrogen-bond acceptors (Lipinski definition) is 4. The van der Waals surface area contributed by atoms with Gasteiger partial charge in [0.2, 0.25) is 5.91 Å². The van der Waals surface area contributed by atoms with Crippen molar-refractivity contribution in [1.82, 2.24) is 0 Å². The highest BCUT2D eigenvalue weighted by Crippen LogP contribution is 2.30. The van der Waals surface area contributed by atoms with Gasteiger partial charge in [-0.3, -0.25) is 9.59 Å². The van der Waals surface area contributed by atoms with Crippen molar-refractivity contribution in [3.63, 3.8) is 0 Å². The number of amides is 2. The number of ether oxygens (including phenoxy) is 2. The topological polar surface area (TPSA) is 76.7 Å². The molecule has 0 spiro atoms. The number of carbonyl (C=O) groups excluding carboxylic acids is 2. The third kappa shape index (κ3) is 5.95. The van der Waals surface area contributed by atoms with Gasteiger partial charge in [-0.2, -0.15) is 8.78 Å². The van der Waals surface area contributed by atoms with E-state index >= 15 is 0 Å². The number of alkyl halides is 2. The fourth-order valence-corrected chi connectivity index (χ4v) is 2.32. The van der Waals surface area contributed by atoms with E-state index in [2.05, 4.69) is 15.4 Å². The van der Waals surface area contributed by atoms with Crippen LogP contribution in [0.15, 0.2) is 48.5 Å². The molecule has 0 radical (unpaired) electrons. The van der Waals surface area contributed by atoms with Crippen LogP contribution >= 0.6 is 0 Å². The maximum absolute atomic E-state index is 12.1. The van der Waals surface area contributed by atoms with Crippen LogP contribution in [0.3, 0.4) is 0 Å². The van der Waals surface area contributed by atoms with Crippen molar-refractivity contribution in [2.24, 2.45) is 5.92 Å². The summed E-state index contributed by atoms with van der Waals surface area (Å²) in [5, 5.41) is 5.39. The van der Waals surface area contributed by atoms with E-state index in [9.17, 15) is 18.4 Å². The predicted molar refractivity (Wildman–Crippen MR) is 95.0 cm³/mol. The first-order chi connectivity index (χ1) is 13.0. The Hall–Kier alpha value is -3.16. The van der Waals surface area contributed by atoms with E-state index in [-0.39, 0.29) is 24.2 Å². The van der Waals surface area contributed by atoms with Crippen LogP contribution in [0.2, 0.25) is 0 Å². The molecule has 2 amide bonds. The monoisotopic (exact) mass is 376 g/mol. The lowest BCUT2D eigenvalue weighted by Gasteiger charge is -2.10. The molecule has 0 aromatic heterocycles. The number of anilines is 2. The molecule has 1 saturated carbocycles. The molecule has 1 fully saturated rings. The molecule has 0 saturated heterocycles. The number of hydrogen-bond donors (Lipinski definition) is 2. The summed E-state index contributed by atoms with van der Waals surface area (Å²) in [5.74, 6) is 0.121. The minimum atomic E-state index is -2.90. The smallest absolute Gasteiger partial charge is 0.387 e. The van der Waals surface area contributed by atoms with E-state index in [1.807, 2.05) is 0 Å². The van der Waals surface area contributed by atoms with Crippen molar-refractivity contribution >= 4 is 23.2 Å². The lowest BCUT2D eigenvalue weighted by atomic mass is 10.3. The van der Waals surface area contributed by atoms with E-state index in [0.29, 0.717) is 17.1 Å². The molecule has 0 aliphatic heterocycles. The normalized spacial score (nSPS) is 13.1. The van der Waals surface area contributed by atoms with Crippen LogP contribution < -0.4 is 20.1 Å². The molecule has 1 aliphatic carbocycles. The molecule has 8 heteroatoms. The molecule has 2 N–H and O–H groups in total. The van der Waals surface area contributed by atoms with E-state index < -0.39 is 12.5 Å². The van der Waals surface area contributed by atoms with Crippen LogP contribution in [0.25, 0.3) is 0 Å². The first-order valence-electron chi connectivity index (χ1n) is 8.38. The highest BCUT2D eigenvalue weighted by molar-refractivity contribution is 5.94.